The molecule has 184 valence electrons. The van der Waals surface area contributed by atoms with Gasteiger partial charge >= 0.3 is 6.09 Å². The third-order valence-corrected chi connectivity index (χ3v) is 8.87. The highest BCUT2D eigenvalue weighted by atomic mass is 35.5. The van der Waals surface area contributed by atoms with Crippen molar-refractivity contribution >= 4 is 34.5 Å². The van der Waals surface area contributed by atoms with Crippen LogP contribution in [0.5, 0.6) is 0 Å². The van der Waals surface area contributed by atoms with Crippen molar-refractivity contribution in [2.75, 3.05) is 17.9 Å². The zero-order valence-corrected chi connectivity index (χ0v) is 21.5. The summed E-state index contributed by atoms with van der Waals surface area (Å²) < 4.78 is 11.8. The Balaban J connectivity index is 1.80. The molecule has 0 spiro atoms. The van der Waals surface area contributed by atoms with Crippen LogP contribution in [0.15, 0.2) is 30.3 Å². The van der Waals surface area contributed by atoms with Crippen LogP contribution in [0.1, 0.15) is 64.4 Å². The van der Waals surface area contributed by atoms with Crippen molar-refractivity contribution in [2.45, 2.75) is 88.1 Å². The molecule has 1 aromatic rings. The monoisotopic (exact) mass is 498 g/mol. The van der Waals surface area contributed by atoms with Crippen LogP contribution in [0.2, 0.25) is 0 Å². The molecular weight excluding hydrogens is 462 g/mol. The summed E-state index contributed by atoms with van der Waals surface area (Å²) in [6, 6.07) is 9.56. The predicted octanol–water partition coefficient (Wildman–Crippen LogP) is 4.62. The van der Waals surface area contributed by atoms with Crippen molar-refractivity contribution in [3.8, 4) is 0 Å². The molecule has 8 heteroatoms. The Labute approximate surface area is 205 Å². The second kappa shape index (κ2) is 11.4. The fraction of sp³-hybridized carbons (Fsp3) is 0.680. The molecule has 0 saturated carbocycles. The van der Waals surface area contributed by atoms with Gasteiger partial charge in [0.05, 0.1) is 6.26 Å². The number of nitrogens with zero attached hydrogens (tertiary/aromatic N) is 1. The number of amides is 2. The largest absolute Gasteiger partial charge is 0.419 e. The van der Waals surface area contributed by atoms with Crippen LogP contribution in [-0.2, 0) is 30.9 Å². The maximum atomic E-state index is 12.4. The molecule has 3 rings (SSSR count). The first-order valence-corrected chi connectivity index (χ1v) is 14.4. The number of fused-ring (bicyclic) bond motifs is 1. The van der Waals surface area contributed by atoms with Crippen LogP contribution in [0.4, 0.5) is 4.79 Å². The first-order chi connectivity index (χ1) is 15.7. The van der Waals surface area contributed by atoms with E-state index in [1.165, 1.54) is 18.4 Å². The lowest BCUT2D eigenvalue weighted by Gasteiger charge is -2.50. The molecule has 0 bridgehead atoms. The molecule has 0 radical (unpaired) electrons. The van der Waals surface area contributed by atoms with Crippen molar-refractivity contribution in [2.24, 2.45) is 0 Å². The number of aliphatic hydroxyl groups is 1. The predicted molar refractivity (Wildman–Crippen MR) is 132 cm³/mol. The number of carbonyl (C=O) groups excluding carboxylic acids is 2. The van der Waals surface area contributed by atoms with Crippen molar-refractivity contribution < 1.29 is 24.2 Å². The van der Waals surface area contributed by atoms with Crippen LogP contribution in [0, 0.1) is 0 Å². The van der Waals surface area contributed by atoms with E-state index in [-0.39, 0.29) is 23.2 Å². The van der Waals surface area contributed by atoms with E-state index in [1.54, 1.807) is 0 Å². The summed E-state index contributed by atoms with van der Waals surface area (Å²) >= 11 is 5.74. The average Bonchev–Trinajstić information content (AvgIpc) is 3.07. The Kier molecular flexibility index (Phi) is 9.12. The van der Waals surface area contributed by atoms with E-state index < -0.39 is 35.5 Å². The Bertz CT molecular complexity index is 811. The smallest absolute Gasteiger partial charge is 0.417 e. The van der Waals surface area contributed by atoms with E-state index in [0.717, 1.165) is 29.9 Å². The SMILES string of the molecule is CCCCCCCC1(C)OC2OC(=O)N(C(=O)CCl)C2CC1(O)C[S+](C)Cc1ccccc1. The van der Waals surface area contributed by atoms with Gasteiger partial charge in [0.1, 0.15) is 34.6 Å². The molecule has 2 amide bonds. The standard InChI is InChI=1S/C25H37ClNO5S/c1-4-5-6-7-11-14-24(2)25(30,18-33(3)17-19-12-9-8-10-13-19)15-20-22(32-24)31-23(29)27(20)21(28)16-26/h8-10,12-13,20,22,30H,4-7,11,14-18H2,1-3H3/q+1. The molecule has 5 atom stereocenters. The lowest BCUT2D eigenvalue weighted by atomic mass is 9.75. The van der Waals surface area contributed by atoms with Crippen molar-refractivity contribution in [3.63, 3.8) is 0 Å². The normalized spacial score (nSPS) is 30.1. The minimum atomic E-state index is -1.20. The van der Waals surface area contributed by atoms with Crippen LogP contribution < -0.4 is 0 Å². The molecule has 0 aliphatic carbocycles. The molecule has 2 aliphatic rings. The number of ether oxygens (including phenoxy) is 2. The lowest BCUT2D eigenvalue weighted by molar-refractivity contribution is -0.278. The van der Waals surface area contributed by atoms with Crippen LogP contribution in [0.3, 0.4) is 0 Å². The Morgan fingerprint density at radius 1 is 1.24 bits per heavy atom. The molecule has 6 nitrogen and oxygen atoms in total. The van der Waals surface area contributed by atoms with Gasteiger partial charge in [0.25, 0.3) is 0 Å². The van der Waals surface area contributed by atoms with Crippen molar-refractivity contribution in [1.82, 2.24) is 4.90 Å². The number of alkyl halides is 1. The van der Waals surface area contributed by atoms with E-state index >= 15 is 0 Å². The maximum absolute atomic E-state index is 12.4. The number of hydrogen-bond acceptors (Lipinski definition) is 5. The van der Waals surface area contributed by atoms with E-state index in [0.29, 0.717) is 12.2 Å². The summed E-state index contributed by atoms with van der Waals surface area (Å²) in [6.07, 6.45) is 6.91. The summed E-state index contributed by atoms with van der Waals surface area (Å²) in [6.45, 7) is 4.12. The summed E-state index contributed by atoms with van der Waals surface area (Å²) in [5.74, 6) is 0.526. The van der Waals surface area contributed by atoms with Gasteiger partial charge in [0, 0.05) is 12.0 Å². The number of imide groups is 1. The number of carbonyl (C=O) groups is 2. The van der Waals surface area contributed by atoms with Gasteiger partial charge in [-0.05, 0) is 24.2 Å². The molecule has 0 aromatic heterocycles. The van der Waals surface area contributed by atoms with E-state index in [2.05, 4.69) is 25.3 Å². The van der Waals surface area contributed by atoms with Gasteiger partial charge in [-0.3, -0.25) is 4.79 Å². The van der Waals surface area contributed by atoms with Gasteiger partial charge < -0.3 is 14.6 Å². The Morgan fingerprint density at radius 3 is 2.61 bits per heavy atom. The molecule has 2 aliphatic heterocycles. The summed E-state index contributed by atoms with van der Waals surface area (Å²) in [7, 11) is -0.140. The first-order valence-electron chi connectivity index (χ1n) is 11.8. The fourth-order valence-electron chi connectivity index (χ4n) is 4.95. The fourth-order valence-corrected chi connectivity index (χ4v) is 7.18. The number of rotatable bonds is 11. The average molecular weight is 499 g/mol. The van der Waals surface area contributed by atoms with Gasteiger partial charge in [-0.1, -0.05) is 69.4 Å². The van der Waals surface area contributed by atoms with Gasteiger partial charge in [-0.25, -0.2) is 9.69 Å². The second-order valence-corrected chi connectivity index (χ2v) is 11.9. The number of benzene rings is 1. The zero-order valence-electron chi connectivity index (χ0n) is 19.9. The second-order valence-electron chi connectivity index (χ2n) is 9.52. The highest BCUT2D eigenvalue weighted by Crippen LogP contribution is 2.46. The molecule has 1 aromatic carbocycles. The third kappa shape index (κ3) is 6.05. The Morgan fingerprint density at radius 2 is 1.94 bits per heavy atom. The minimum Gasteiger partial charge on any atom is -0.417 e. The summed E-state index contributed by atoms with van der Waals surface area (Å²) in [5, 5.41) is 12.1. The van der Waals surface area contributed by atoms with Gasteiger partial charge in [0.2, 0.25) is 12.2 Å². The zero-order chi connectivity index (χ0) is 24.1. The minimum absolute atomic E-state index is 0.140. The van der Waals surface area contributed by atoms with Crippen LogP contribution in [0.25, 0.3) is 0 Å². The van der Waals surface area contributed by atoms with Gasteiger partial charge in [-0.15, -0.1) is 11.6 Å². The lowest BCUT2D eigenvalue weighted by Crippen LogP contribution is -2.67. The third-order valence-electron chi connectivity index (χ3n) is 6.85. The summed E-state index contributed by atoms with van der Waals surface area (Å²) in [5.41, 5.74) is -0.857. The van der Waals surface area contributed by atoms with Crippen molar-refractivity contribution in [1.29, 1.82) is 0 Å². The number of hydrogen-bond donors (Lipinski definition) is 1. The van der Waals surface area contributed by atoms with Crippen molar-refractivity contribution in [3.05, 3.63) is 35.9 Å². The van der Waals surface area contributed by atoms with Gasteiger partial charge in [0.15, 0.2) is 0 Å². The van der Waals surface area contributed by atoms with E-state index in [9.17, 15) is 14.7 Å². The van der Waals surface area contributed by atoms with Crippen LogP contribution in [-0.4, -0.2) is 63.4 Å². The first kappa shape index (κ1) is 26.3. The molecule has 2 heterocycles. The molecule has 2 fully saturated rings. The van der Waals surface area contributed by atoms with E-state index in [1.807, 2.05) is 25.1 Å². The summed E-state index contributed by atoms with van der Waals surface area (Å²) in [4.78, 5) is 25.8. The maximum Gasteiger partial charge on any atom is 0.419 e. The highest BCUT2D eigenvalue weighted by Gasteiger charge is 2.63. The quantitative estimate of drug-likeness (QED) is 0.274. The topological polar surface area (TPSA) is 76.1 Å². The number of halogens is 1. The Hall–Kier alpha value is -1.28. The molecule has 5 unspecified atom stereocenters. The van der Waals surface area contributed by atoms with Gasteiger partial charge in [-0.2, -0.15) is 0 Å². The van der Waals surface area contributed by atoms with E-state index in [4.69, 9.17) is 21.1 Å². The molecular formula is C25H37ClNO5S+. The molecule has 1 N–H and O–H groups in total. The van der Waals surface area contributed by atoms with Crippen LogP contribution >= 0.6 is 11.6 Å². The molecule has 33 heavy (non-hydrogen) atoms. The molecule has 2 saturated heterocycles. The number of unbranched alkanes of at least 4 members (excludes halogenated alkanes) is 4. The highest BCUT2D eigenvalue weighted by molar-refractivity contribution is 7.95.